The van der Waals surface area contributed by atoms with E-state index in [2.05, 4.69) is 46.7 Å². The topological polar surface area (TPSA) is 67.4 Å². The van der Waals surface area contributed by atoms with Gasteiger partial charge in [-0.15, -0.1) is 0 Å². The SMILES string of the molecule is CCNC(=NCc1ccccc1N1CCOCC1)Nc1ccc(OC)c(OCC)c1. The van der Waals surface area contributed by atoms with Gasteiger partial charge in [0.2, 0.25) is 0 Å². The van der Waals surface area contributed by atoms with Gasteiger partial charge < -0.3 is 29.7 Å². The molecule has 1 aliphatic heterocycles. The number of rotatable bonds is 8. The van der Waals surface area contributed by atoms with Gasteiger partial charge in [-0.2, -0.15) is 0 Å². The summed E-state index contributed by atoms with van der Waals surface area (Å²) in [6.07, 6.45) is 0. The smallest absolute Gasteiger partial charge is 0.196 e. The van der Waals surface area contributed by atoms with Crippen LogP contribution in [0.2, 0.25) is 0 Å². The number of ether oxygens (including phenoxy) is 3. The van der Waals surface area contributed by atoms with Gasteiger partial charge in [0.15, 0.2) is 17.5 Å². The minimum atomic E-state index is 0.576. The molecule has 7 heteroatoms. The number of aliphatic imine (C=N–C) groups is 1. The molecule has 3 rings (SSSR count). The van der Waals surface area contributed by atoms with Crippen LogP contribution in [0.4, 0.5) is 11.4 Å². The van der Waals surface area contributed by atoms with Crippen molar-refractivity contribution in [2.45, 2.75) is 20.4 Å². The second kappa shape index (κ2) is 11.3. The van der Waals surface area contributed by atoms with Gasteiger partial charge in [-0.25, -0.2) is 4.99 Å². The first-order valence-electron chi connectivity index (χ1n) is 10.5. The molecular weight excluding hydrogens is 380 g/mol. The van der Waals surface area contributed by atoms with E-state index in [-0.39, 0.29) is 0 Å². The van der Waals surface area contributed by atoms with Crippen molar-refractivity contribution in [3.05, 3.63) is 48.0 Å². The molecule has 1 aliphatic rings. The summed E-state index contributed by atoms with van der Waals surface area (Å²) in [6, 6.07) is 14.2. The Hall–Kier alpha value is -2.93. The van der Waals surface area contributed by atoms with Crippen molar-refractivity contribution < 1.29 is 14.2 Å². The Kier molecular flexibility index (Phi) is 8.20. The second-order valence-electron chi connectivity index (χ2n) is 6.85. The Morgan fingerprint density at radius 3 is 2.63 bits per heavy atom. The Balaban J connectivity index is 1.76. The van der Waals surface area contributed by atoms with Crippen LogP contribution in [0.25, 0.3) is 0 Å². The number of morpholine rings is 1. The Labute approximate surface area is 179 Å². The fourth-order valence-corrected chi connectivity index (χ4v) is 3.39. The monoisotopic (exact) mass is 412 g/mol. The van der Waals surface area contributed by atoms with E-state index in [1.807, 2.05) is 25.1 Å². The first kappa shape index (κ1) is 21.8. The summed E-state index contributed by atoms with van der Waals surface area (Å²) >= 11 is 0. The van der Waals surface area contributed by atoms with Crippen molar-refractivity contribution in [1.82, 2.24) is 5.32 Å². The predicted molar refractivity (Wildman–Crippen MR) is 122 cm³/mol. The zero-order valence-corrected chi connectivity index (χ0v) is 18.1. The summed E-state index contributed by atoms with van der Waals surface area (Å²) in [7, 11) is 1.64. The Bertz CT molecular complexity index is 835. The maximum absolute atomic E-state index is 5.68. The number of methoxy groups -OCH3 is 1. The number of hydrogen-bond donors (Lipinski definition) is 2. The number of nitrogens with zero attached hydrogens (tertiary/aromatic N) is 2. The lowest BCUT2D eigenvalue weighted by Crippen LogP contribution is -2.36. The molecule has 0 bridgehead atoms. The van der Waals surface area contributed by atoms with Crippen molar-refractivity contribution in [2.24, 2.45) is 4.99 Å². The van der Waals surface area contributed by atoms with E-state index in [0.717, 1.165) is 44.5 Å². The van der Waals surface area contributed by atoms with Crippen molar-refractivity contribution in [3.8, 4) is 11.5 Å². The van der Waals surface area contributed by atoms with Crippen LogP contribution in [0.1, 0.15) is 19.4 Å². The molecule has 30 heavy (non-hydrogen) atoms. The van der Waals surface area contributed by atoms with Crippen LogP contribution in [0.3, 0.4) is 0 Å². The van der Waals surface area contributed by atoms with Crippen molar-refractivity contribution in [2.75, 3.05) is 56.8 Å². The highest BCUT2D eigenvalue weighted by molar-refractivity contribution is 5.94. The third-order valence-corrected chi connectivity index (χ3v) is 4.82. The molecule has 0 spiro atoms. The first-order valence-corrected chi connectivity index (χ1v) is 10.5. The largest absolute Gasteiger partial charge is 0.493 e. The lowest BCUT2D eigenvalue weighted by atomic mass is 10.1. The molecule has 0 radical (unpaired) electrons. The highest BCUT2D eigenvalue weighted by Gasteiger charge is 2.14. The average Bonchev–Trinajstić information content (AvgIpc) is 2.79. The first-order chi connectivity index (χ1) is 14.7. The molecule has 0 aliphatic carbocycles. The van der Waals surface area contributed by atoms with Crippen LogP contribution < -0.4 is 25.0 Å². The van der Waals surface area contributed by atoms with Gasteiger partial charge in [0.05, 0.1) is 33.5 Å². The molecule has 0 unspecified atom stereocenters. The third-order valence-electron chi connectivity index (χ3n) is 4.82. The van der Waals surface area contributed by atoms with Crippen LogP contribution in [-0.4, -0.2) is 52.5 Å². The van der Waals surface area contributed by atoms with Crippen LogP contribution in [0.15, 0.2) is 47.5 Å². The van der Waals surface area contributed by atoms with Crippen LogP contribution in [-0.2, 0) is 11.3 Å². The van der Waals surface area contributed by atoms with Crippen molar-refractivity contribution in [3.63, 3.8) is 0 Å². The zero-order valence-electron chi connectivity index (χ0n) is 18.1. The highest BCUT2D eigenvalue weighted by atomic mass is 16.5. The molecule has 0 aromatic heterocycles. The van der Waals surface area contributed by atoms with Crippen molar-refractivity contribution in [1.29, 1.82) is 0 Å². The maximum atomic E-state index is 5.68. The third kappa shape index (κ3) is 5.79. The molecule has 0 saturated carbocycles. The van der Waals surface area contributed by atoms with E-state index in [9.17, 15) is 0 Å². The van der Waals surface area contributed by atoms with Crippen LogP contribution in [0, 0.1) is 0 Å². The van der Waals surface area contributed by atoms with Crippen molar-refractivity contribution >= 4 is 17.3 Å². The quantitative estimate of drug-likeness (QED) is 0.511. The molecule has 1 heterocycles. The van der Waals surface area contributed by atoms with Gasteiger partial charge in [0.1, 0.15) is 0 Å². The fraction of sp³-hybridized carbons (Fsp3) is 0.435. The summed E-state index contributed by atoms with van der Waals surface area (Å²) in [5.74, 6) is 2.14. The molecule has 0 atom stereocenters. The minimum absolute atomic E-state index is 0.576. The number of hydrogen-bond acceptors (Lipinski definition) is 5. The average molecular weight is 413 g/mol. The molecule has 1 saturated heterocycles. The van der Waals surface area contributed by atoms with E-state index in [4.69, 9.17) is 19.2 Å². The van der Waals surface area contributed by atoms with Gasteiger partial charge in [-0.05, 0) is 37.6 Å². The predicted octanol–water partition coefficient (Wildman–Crippen LogP) is 3.51. The number of benzene rings is 2. The number of guanidine groups is 1. The molecule has 2 N–H and O–H groups in total. The lowest BCUT2D eigenvalue weighted by molar-refractivity contribution is 0.122. The molecular formula is C23H32N4O3. The maximum Gasteiger partial charge on any atom is 0.196 e. The van der Waals surface area contributed by atoms with Crippen LogP contribution in [0.5, 0.6) is 11.5 Å². The van der Waals surface area contributed by atoms with E-state index in [0.29, 0.717) is 24.7 Å². The number of para-hydroxylation sites is 1. The normalized spacial score (nSPS) is 14.4. The fourth-order valence-electron chi connectivity index (χ4n) is 3.39. The van der Waals surface area contributed by atoms with Gasteiger partial charge >= 0.3 is 0 Å². The summed E-state index contributed by atoms with van der Waals surface area (Å²) < 4.78 is 16.5. The Morgan fingerprint density at radius 1 is 1.10 bits per heavy atom. The van der Waals surface area contributed by atoms with E-state index in [1.54, 1.807) is 7.11 Å². The summed E-state index contributed by atoms with van der Waals surface area (Å²) in [5.41, 5.74) is 3.31. The van der Waals surface area contributed by atoms with Gasteiger partial charge in [0, 0.05) is 37.1 Å². The molecule has 7 nitrogen and oxygen atoms in total. The highest BCUT2D eigenvalue weighted by Crippen LogP contribution is 2.30. The standard InChI is InChI=1S/C23H32N4O3/c1-4-24-23(26-19-10-11-21(28-3)22(16-19)30-5-2)25-17-18-8-6-7-9-20(18)27-12-14-29-15-13-27/h6-11,16H,4-5,12-15,17H2,1-3H3,(H2,24,25,26). The molecule has 1 fully saturated rings. The lowest BCUT2D eigenvalue weighted by Gasteiger charge is -2.30. The van der Waals surface area contributed by atoms with E-state index >= 15 is 0 Å². The number of anilines is 2. The van der Waals surface area contributed by atoms with E-state index in [1.165, 1.54) is 11.3 Å². The van der Waals surface area contributed by atoms with Crippen LogP contribution >= 0.6 is 0 Å². The van der Waals surface area contributed by atoms with Gasteiger partial charge in [0.25, 0.3) is 0 Å². The summed E-state index contributed by atoms with van der Waals surface area (Å²) in [6.45, 7) is 9.28. The van der Waals surface area contributed by atoms with Gasteiger partial charge in [-0.3, -0.25) is 0 Å². The second-order valence-corrected chi connectivity index (χ2v) is 6.85. The molecule has 0 amide bonds. The molecule has 2 aromatic rings. The molecule has 2 aromatic carbocycles. The summed E-state index contributed by atoms with van der Waals surface area (Å²) in [5, 5.41) is 6.68. The zero-order chi connectivity index (χ0) is 21.2. The Morgan fingerprint density at radius 2 is 1.90 bits per heavy atom. The molecule has 162 valence electrons. The minimum Gasteiger partial charge on any atom is -0.493 e. The van der Waals surface area contributed by atoms with E-state index < -0.39 is 0 Å². The number of nitrogens with one attached hydrogen (secondary N) is 2. The summed E-state index contributed by atoms with van der Waals surface area (Å²) in [4.78, 5) is 7.18. The van der Waals surface area contributed by atoms with Gasteiger partial charge in [-0.1, -0.05) is 18.2 Å².